The van der Waals surface area contributed by atoms with E-state index in [0.717, 1.165) is 5.56 Å². The Kier molecular flexibility index (Phi) is 4.25. The van der Waals surface area contributed by atoms with Crippen molar-refractivity contribution < 1.29 is 14.7 Å². The van der Waals surface area contributed by atoms with Crippen molar-refractivity contribution in [1.82, 2.24) is 4.90 Å². The highest BCUT2D eigenvalue weighted by molar-refractivity contribution is 6.35. The van der Waals surface area contributed by atoms with Crippen LogP contribution in [-0.4, -0.2) is 28.9 Å². The lowest BCUT2D eigenvalue weighted by atomic mass is 10.1. The minimum Gasteiger partial charge on any atom is -0.481 e. The summed E-state index contributed by atoms with van der Waals surface area (Å²) in [4.78, 5) is 24.6. The zero-order valence-corrected chi connectivity index (χ0v) is 12.6. The Morgan fingerprint density at radius 3 is 2.50 bits per heavy atom. The summed E-state index contributed by atoms with van der Waals surface area (Å²) in [6.07, 6.45) is 0.416. The Hall–Kier alpha value is -1.26. The molecule has 20 heavy (non-hydrogen) atoms. The number of carboxylic acid groups (broad SMARTS) is 1. The van der Waals surface area contributed by atoms with Gasteiger partial charge in [0.1, 0.15) is 0 Å². The molecule has 1 aliphatic carbocycles. The Morgan fingerprint density at radius 1 is 1.35 bits per heavy atom. The average molecular weight is 316 g/mol. The molecule has 1 aliphatic rings. The second-order valence-electron chi connectivity index (χ2n) is 5.08. The molecule has 0 saturated heterocycles. The third-order valence-electron chi connectivity index (χ3n) is 3.77. The highest BCUT2D eigenvalue weighted by Crippen LogP contribution is 2.41. The molecule has 4 nitrogen and oxygen atoms in total. The zero-order valence-electron chi connectivity index (χ0n) is 11.1. The summed E-state index contributed by atoms with van der Waals surface area (Å²) in [6.45, 7) is 1.85. The van der Waals surface area contributed by atoms with E-state index >= 15 is 0 Å². The van der Waals surface area contributed by atoms with Gasteiger partial charge in [0.05, 0.1) is 17.9 Å². The van der Waals surface area contributed by atoms with E-state index in [2.05, 4.69) is 0 Å². The first kappa shape index (κ1) is 15.1. The number of hydrogen-bond acceptors (Lipinski definition) is 2. The Labute approximate surface area is 127 Å². The van der Waals surface area contributed by atoms with Crippen LogP contribution >= 0.6 is 23.2 Å². The fourth-order valence-electron chi connectivity index (χ4n) is 2.24. The average Bonchev–Trinajstić information content (AvgIpc) is 3.16. The molecule has 3 atom stereocenters. The van der Waals surface area contributed by atoms with E-state index in [1.807, 2.05) is 6.92 Å². The number of carbonyl (C=O) groups is 2. The number of benzene rings is 1. The predicted molar refractivity (Wildman–Crippen MR) is 76.9 cm³/mol. The number of rotatable bonds is 4. The number of aliphatic carboxylic acids is 1. The molecular formula is C14H15Cl2NO3. The van der Waals surface area contributed by atoms with Gasteiger partial charge in [-0.25, -0.2) is 0 Å². The lowest BCUT2D eigenvalue weighted by Gasteiger charge is -2.26. The lowest BCUT2D eigenvalue weighted by Crippen LogP contribution is -2.32. The molecule has 1 saturated carbocycles. The predicted octanol–water partition coefficient (Wildman–Crippen LogP) is 3.23. The fourth-order valence-corrected chi connectivity index (χ4v) is 2.81. The largest absolute Gasteiger partial charge is 0.481 e. The van der Waals surface area contributed by atoms with Crippen LogP contribution in [0.25, 0.3) is 0 Å². The van der Waals surface area contributed by atoms with E-state index in [1.165, 1.54) is 0 Å². The van der Waals surface area contributed by atoms with Gasteiger partial charge < -0.3 is 10.0 Å². The van der Waals surface area contributed by atoms with Gasteiger partial charge in [-0.05, 0) is 31.0 Å². The van der Waals surface area contributed by atoms with Gasteiger partial charge in [0.25, 0.3) is 0 Å². The van der Waals surface area contributed by atoms with E-state index in [9.17, 15) is 9.59 Å². The molecule has 0 spiro atoms. The number of amides is 1. The topological polar surface area (TPSA) is 57.6 Å². The molecule has 2 rings (SSSR count). The summed E-state index contributed by atoms with van der Waals surface area (Å²) in [6, 6.07) is 4.89. The van der Waals surface area contributed by atoms with Crippen LogP contribution in [-0.2, 0) is 9.59 Å². The highest BCUT2D eigenvalue weighted by atomic mass is 35.5. The molecule has 0 aliphatic heterocycles. The monoisotopic (exact) mass is 315 g/mol. The molecule has 1 N–H and O–H groups in total. The highest BCUT2D eigenvalue weighted by Gasteiger charge is 2.49. The summed E-state index contributed by atoms with van der Waals surface area (Å²) in [5, 5.41) is 9.91. The van der Waals surface area contributed by atoms with Crippen LogP contribution in [0.5, 0.6) is 0 Å². The van der Waals surface area contributed by atoms with Crippen molar-refractivity contribution in [1.29, 1.82) is 0 Å². The van der Waals surface area contributed by atoms with E-state index < -0.39 is 17.8 Å². The summed E-state index contributed by atoms with van der Waals surface area (Å²) in [7, 11) is 1.66. The minimum atomic E-state index is -0.908. The van der Waals surface area contributed by atoms with Gasteiger partial charge in [0.2, 0.25) is 5.91 Å². The van der Waals surface area contributed by atoms with Crippen LogP contribution in [0.15, 0.2) is 18.2 Å². The Balaban J connectivity index is 2.11. The number of nitrogens with zero attached hydrogens (tertiary/aromatic N) is 1. The second-order valence-corrected chi connectivity index (χ2v) is 5.92. The molecule has 1 aromatic carbocycles. The third-order valence-corrected chi connectivity index (χ3v) is 4.33. The molecule has 1 fully saturated rings. The molecule has 0 aromatic heterocycles. The summed E-state index contributed by atoms with van der Waals surface area (Å²) >= 11 is 12.0. The quantitative estimate of drug-likeness (QED) is 0.928. The Morgan fingerprint density at radius 2 is 2.00 bits per heavy atom. The first-order chi connectivity index (χ1) is 9.32. The van der Waals surface area contributed by atoms with Gasteiger partial charge >= 0.3 is 5.97 Å². The van der Waals surface area contributed by atoms with Crippen molar-refractivity contribution in [3.63, 3.8) is 0 Å². The van der Waals surface area contributed by atoms with E-state index in [1.54, 1.807) is 30.1 Å². The van der Waals surface area contributed by atoms with Crippen molar-refractivity contribution in [3.8, 4) is 0 Å². The maximum absolute atomic E-state index is 12.2. The molecule has 3 unspecified atom stereocenters. The van der Waals surface area contributed by atoms with Gasteiger partial charge in [-0.2, -0.15) is 0 Å². The van der Waals surface area contributed by atoms with Crippen LogP contribution in [0.1, 0.15) is 24.9 Å². The van der Waals surface area contributed by atoms with Crippen LogP contribution in [0, 0.1) is 11.8 Å². The molecule has 108 valence electrons. The lowest BCUT2D eigenvalue weighted by molar-refractivity contribution is -0.142. The molecule has 0 heterocycles. The van der Waals surface area contributed by atoms with Crippen LogP contribution in [0.3, 0.4) is 0 Å². The van der Waals surface area contributed by atoms with Gasteiger partial charge in [-0.15, -0.1) is 0 Å². The maximum atomic E-state index is 12.2. The molecule has 0 radical (unpaired) electrons. The number of carbonyl (C=O) groups excluding carboxylic acids is 1. The smallest absolute Gasteiger partial charge is 0.307 e. The van der Waals surface area contributed by atoms with Gasteiger partial charge in [-0.1, -0.05) is 29.3 Å². The van der Waals surface area contributed by atoms with E-state index in [-0.39, 0.29) is 11.9 Å². The maximum Gasteiger partial charge on any atom is 0.307 e. The first-order valence-corrected chi connectivity index (χ1v) is 7.03. The molecule has 1 aromatic rings. The van der Waals surface area contributed by atoms with Crippen molar-refractivity contribution >= 4 is 35.1 Å². The van der Waals surface area contributed by atoms with Gasteiger partial charge in [-0.3, -0.25) is 9.59 Å². The summed E-state index contributed by atoms with van der Waals surface area (Å²) in [5.74, 6) is -2.02. The summed E-state index contributed by atoms with van der Waals surface area (Å²) < 4.78 is 0. The molecule has 1 amide bonds. The van der Waals surface area contributed by atoms with Crippen molar-refractivity contribution in [2.75, 3.05) is 7.05 Å². The molecule has 0 bridgehead atoms. The SMILES string of the molecule is CC(c1ccc(Cl)cc1Cl)N(C)C(=O)C1CC1C(=O)O. The normalized spacial score (nSPS) is 22.2. The third kappa shape index (κ3) is 2.91. The number of halogens is 2. The second kappa shape index (κ2) is 5.62. The molecular weight excluding hydrogens is 301 g/mol. The summed E-state index contributed by atoms with van der Waals surface area (Å²) in [5.41, 5.74) is 0.791. The van der Waals surface area contributed by atoms with Crippen LogP contribution < -0.4 is 0 Å². The van der Waals surface area contributed by atoms with Crippen molar-refractivity contribution in [2.24, 2.45) is 11.8 Å². The van der Waals surface area contributed by atoms with Crippen molar-refractivity contribution in [2.45, 2.75) is 19.4 Å². The van der Waals surface area contributed by atoms with Crippen molar-refractivity contribution in [3.05, 3.63) is 33.8 Å². The van der Waals surface area contributed by atoms with E-state index in [4.69, 9.17) is 28.3 Å². The fraction of sp³-hybridized carbons (Fsp3) is 0.429. The molecule has 6 heteroatoms. The van der Waals surface area contributed by atoms with Crippen LogP contribution in [0.4, 0.5) is 0 Å². The Bertz CT molecular complexity index is 561. The van der Waals surface area contributed by atoms with Gasteiger partial charge in [0, 0.05) is 17.1 Å². The number of carboxylic acids is 1. The standard InChI is InChI=1S/C14H15Cl2NO3/c1-7(9-4-3-8(15)5-12(9)16)17(2)13(18)10-6-11(10)14(19)20/h3-5,7,10-11H,6H2,1-2H3,(H,19,20). The number of hydrogen-bond donors (Lipinski definition) is 1. The zero-order chi connectivity index (χ0) is 15.0. The minimum absolute atomic E-state index is 0.157. The van der Waals surface area contributed by atoms with Crippen LogP contribution in [0.2, 0.25) is 10.0 Å². The van der Waals surface area contributed by atoms with E-state index in [0.29, 0.717) is 16.5 Å². The van der Waals surface area contributed by atoms with Gasteiger partial charge in [0.15, 0.2) is 0 Å². The first-order valence-electron chi connectivity index (χ1n) is 6.27.